The van der Waals surface area contributed by atoms with Crippen LogP contribution in [0.25, 0.3) is 0 Å². The summed E-state index contributed by atoms with van der Waals surface area (Å²) in [6, 6.07) is 9.41. The van der Waals surface area contributed by atoms with Gasteiger partial charge in [0, 0.05) is 12.6 Å². The first-order valence-electron chi connectivity index (χ1n) is 9.88. The number of aromatic nitrogens is 3. The number of benzene rings is 1. The molecule has 27 heavy (non-hydrogen) atoms. The number of aliphatic hydroxyl groups is 1. The Kier molecular flexibility index (Phi) is 6.81. The van der Waals surface area contributed by atoms with E-state index in [2.05, 4.69) is 22.6 Å². The molecule has 0 radical (unpaired) electrons. The van der Waals surface area contributed by atoms with Crippen LogP contribution in [0, 0.1) is 0 Å². The van der Waals surface area contributed by atoms with Crippen molar-refractivity contribution in [3.05, 3.63) is 42.1 Å². The lowest BCUT2D eigenvalue weighted by Crippen LogP contribution is -2.46. The molecule has 7 heteroatoms. The van der Waals surface area contributed by atoms with Crippen molar-refractivity contribution in [3.63, 3.8) is 0 Å². The van der Waals surface area contributed by atoms with E-state index in [0.29, 0.717) is 5.82 Å². The molecule has 1 unspecified atom stereocenters. The molecule has 0 bridgehead atoms. The van der Waals surface area contributed by atoms with Crippen molar-refractivity contribution in [1.29, 1.82) is 0 Å². The van der Waals surface area contributed by atoms with Gasteiger partial charge in [-0.15, -0.1) is 5.10 Å². The van der Waals surface area contributed by atoms with Gasteiger partial charge in [0.25, 0.3) is 0 Å². The summed E-state index contributed by atoms with van der Waals surface area (Å²) in [5, 5.41) is 21.6. The summed E-state index contributed by atoms with van der Waals surface area (Å²) in [6.07, 6.45) is 7.36. The number of nitrogens with one attached hydrogen (secondary N) is 1. The summed E-state index contributed by atoms with van der Waals surface area (Å²) < 4.78 is 1.72. The molecule has 1 saturated carbocycles. The molecular formula is C20H29N5O2. The van der Waals surface area contributed by atoms with Gasteiger partial charge in [0.05, 0.1) is 18.8 Å². The van der Waals surface area contributed by atoms with Gasteiger partial charge in [-0.3, -0.25) is 10.00 Å². The second-order valence-corrected chi connectivity index (χ2v) is 7.17. The molecule has 3 rings (SSSR count). The van der Waals surface area contributed by atoms with Gasteiger partial charge in [0.1, 0.15) is 0 Å². The molecule has 2 aromatic rings. The molecule has 2 amide bonds. The maximum atomic E-state index is 13.0. The third-order valence-corrected chi connectivity index (χ3v) is 5.06. The molecule has 1 aromatic carbocycles. The SMILES string of the molecule is CCCn1cc(NC(=O)N(CC(O)c2ccccc2)C2CCCCC2)nn1. The van der Waals surface area contributed by atoms with Gasteiger partial charge in [-0.1, -0.05) is 61.7 Å². The summed E-state index contributed by atoms with van der Waals surface area (Å²) in [6.45, 7) is 3.10. The van der Waals surface area contributed by atoms with Crippen LogP contribution >= 0.6 is 0 Å². The fourth-order valence-corrected chi connectivity index (χ4v) is 3.63. The van der Waals surface area contributed by atoms with Crippen LogP contribution in [0.2, 0.25) is 0 Å². The number of rotatable bonds is 7. The molecule has 2 N–H and O–H groups in total. The van der Waals surface area contributed by atoms with E-state index in [-0.39, 0.29) is 18.6 Å². The molecule has 1 aromatic heterocycles. The number of amides is 2. The number of nitrogens with zero attached hydrogens (tertiary/aromatic N) is 4. The number of carbonyl (C=O) groups excluding carboxylic acids is 1. The quantitative estimate of drug-likeness (QED) is 0.779. The zero-order valence-electron chi connectivity index (χ0n) is 15.9. The van der Waals surface area contributed by atoms with E-state index in [9.17, 15) is 9.90 Å². The van der Waals surface area contributed by atoms with Crippen LogP contribution in [0.1, 0.15) is 57.1 Å². The molecule has 1 aliphatic rings. The molecular weight excluding hydrogens is 342 g/mol. The molecule has 146 valence electrons. The van der Waals surface area contributed by atoms with E-state index in [4.69, 9.17) is 0 Å². The molecule has 1 heterocycles. The average molecular weight is 371 g/mol. The molecule has 0 saturated heterocycles. The summed E-state index contributed by atoms with van der Waals surface area (Å²) >= 11 is 0. The zero-order valence-corrected chi connectivity index (χ0v) is 15.9. The number of aryl methyl sites for hydroxylation is 1. The largest absolute Gasteiger partial charge is 0.387 e. The normalized spacial score (nSPS) is 16.1. The first-order chi connectivity index (χ1) is 13.2. The van der Waals surface area contributed by atoms with Gasteiger partial charge in [-0.2, -0.15) is 0 Å². The number of hydrogen-bond donors (Lipinski definition) is 2. The second kappa shape index (κ2) is 9.50. The molecule has 1 aliphatic carbocycles. The average Bonchev–Trinajstić information content (AvgIpc) is 3.14. The number of anilines is 1. The fraction of sp³-hybridized carbons (Fsp3) is 0.550. The Morgan fingerprint density at radius 3 is 2.74 bits per heavy atom. The highest BCUT2D eigenvalue weighted by atomic mass is 16.3. The molecule has 7 nitrogen and oxygen atoms in total. The highest BCUT2D eigenvalue weighted by Gasteiger charge is 2.28. The lowest BCUT2D eigenvalue weighted by Gasteiger charge is -2.35. The maximum Gasteiger partial charge on any atom is 0.323 e. The van der Waals surface area contributed by atoms with Crippen LogP contribution in [0.5, 0.6) is 0 Å². The minimum atomic E-state index is -0.713. The van der Waals surface area contributed by atoms with Crippen molar-refractivity contribution >= 4 is 11.8 Å². The van der Waals surface area contributed by atoms with Crippen molar-refractivity contribution in [2.45, 2.75) is 64.1 Å². The van der Waals surface area contributed by atoms with Crippen molar-refractivity contribution < 1.29 is 9.90 Å². The molecule has 1 fully saturated rings. The second-order valence-electron chi connectivity index (χ2n) is 7.17. The van der Waals surface area contributed by atoms with E-state index in [1.807, 2.05) is 30.3 Å². The Morgan fingerprint density at radius 1 is 1.30 bits per heavy atom. The van der Waals surface area contributed by atoms with Crippen LogP contribution in [-0.2, 0) is 6.54 Å². The molecule has 0 spiro atoms. The van der Waals surface area contributed by atoms with E-state index in [0.717, 1.165) is 44.2 Å². The van der Waals surface area contributed by atoms with Crippen molar-refractivity contribution in [1.82, 2.24) is 19.9 Å². The summed E-state index contributed by atoms with van der Waals surface area (Å²) in [5.41, 5.74) is 0.819. The standard InChI is InChI=1S/C20H29N5O2/c1-2-13-24-15-19(22-23-24)21-20(27)25(17-11-7-4-8-12-17)14-18(26)16-9-5-3-6-10-16/h3,5-6,9-10,15,17-18,26H,2,4,7-8,11-14H2,1H3,(H,21,27). The van der Waals surface area contributed by atoms with Crippen LogP contribution in [0.15, 0.2) is 36.5 Å². The van der Waals surface area contributed by atoms with E-state index >= 15 is 0 Å². The number of hydrogen-bond acceptors (Lipinski definition) is 4. The van der Waals surface area contributed by atoms with Crippen LogP contribution in [0.3, 0.4) is 0 Å². The Labute approximate surface area is 160 Å². The fourth-order valence-electron chi connectivity index (χ4n) is 3.63. The Bertz CT molecular complexity index is 712. The zero-order chi connectivity index (χ0) is 19.1. The van der Waals surface area contributed by atoms with Gasteiger partial charge >= 0.3 is 6.03 Å². The predicted molar refractivity (Wildman–Crippen MR) is 104 cm³/mol. The van der Waals surface area contributed by atoms with Crippen LogP contribution in [0.4, 0.5) is 10.6 Å². The maximum absolute atomic E-state index is 13.0. The highest BCUT2D eigenvalue weighted by molar-refractivity contribution is 5.88. The minimum Gasteiger partial charge on any atom is -0.387 e. The van der Waals surface area contributed by atoms with Gasteiger partial charge in [0.15, 0.2) is 5.82 Å². The molecule has 0 aliphatic heterocycles. The van der Waals surface area contributed by atoms with Crippen LogP contribution in [-0.4, -0.2) is 43.6 Å². The third-order valence-electron chi connectivity index (χ3n) is 5.06. The van der Waals surface area contributed by atoms with Crippen molar-refractivity contribution in [2.75, 3.05) is 11.9 Å². The third kappa shape index (κ3) is 5.29. The monoisotopic (exact) mass is 371 g/mol. The van der Waals surface area contributed by atoms with E-state index < -0.39 is 6.10 Å². The van der Waals surface area contributed by atoms with Crippen molar-refractivity contribution in [3.8, 4) is 0 Å². The van der Waals surface area contributed by atoms with Gasteiger partial charge in [0.2, 0.25) is 0 Å². The van der Waals surface area contributed by atoms with E-state index in [1.54, 1.807) is 15.8 Å². The van der Waals surface area contributed by atoms with Gasteiger partial charge in [-0.25, -0.2) is 4.79 Å². The summed E-state index contributed by atoms with van der Waals surface area (Å²) in [4.78, 5) is 14.7. The smallest absolute Gasteiger partial charge is 0.323 e. The minimum absolute atomic E-state index is 0.141. The lowest BCUT2D eigenvalue weighted by atomic mass is 9.94. The number of carbonyl (C=O) groups is 1. The predicted octanol–water partition coefficient (Wildman–Crippen LogP) is 3.59. The first kappa shape index (κ1) is 19.4. The lowest BCUT2D eigenvalue weighted by molar-refractivity contribution is 0.0956. The first-order valence-corrected chi connectivity index (χ1v) is 9.88. The number of urea groups is 1. The van der Waals surface area contributed by atoms with Crippen LogP contribution < -0.4 is 5.32 Å². The van der Waals surface area contributed by atoms with Crippen molar-refractivity contribution in [2.24, 2.45) is 0 Å². The summed E-state index contributed by atoms with van der Waals surface area (Å²) in [7, 11) is 0. The number of aliphatic hydroxyl groups excluding tert-OH is 1. The topological polar surface area (TPSA) is 83.3 Å². The van der Waals surface area contributed by atoms with E-state index in [1.165, 1.54) is 6.42 Å². The molecule has 1 atom stereocenters. The Balaban J connectivity index is 1.70. The Hall–Kier alpha value is -2.41. The Morgan fingerprint density at radius 2 is 2.04 bits per heavy atom. The highest BCUT2D eigenvalue weighted by Crippen LogP contribution is 2.25. The van der Waals surface area contributed by atoms with Gasteiger partial charge in [-0.05, 0) is 24.8 Å². The van der Waals surface area contributed by atoms with Gasteiger partial charge < -0.3 is 10.0 Å². The summed E-state index contributed by atoms with van der Waals surface area (Å²) in [5.74, 6) is 0.448.